The van der Waals surface area contributed by atoms with Crippen molar-refractivity contribution in [3.8, 4) is 0 Å². The molecule has 2 aromatic rings. The van der Waals surface area contributed by atoms with Gasteiger partial charge in [-0.15, -0.1) is 0 Å². The largest absolute Gasteiger partial charge is 0.444 e. The lowest BCUT2D eigenvalue weighted by atomic mass is 10.2. The molecule has 3 rings (SSSR count). The molecule has 1 aromatic heterocycles. The second-order valence-corrected chi connectivity index (χ2v) is 6.08. The van der Waals surface area contributed by atoms with Crippen LogP contribution >= 0.6 is 15.9 Å². The highest BCUT2D eigenvalue weighted by atomic mass is 79.9. The molecule has 1 saturated heterocycles. The molecule has 1 aliphatic rings. The summed E-state index contributed by atoms with van der Waals surface area (Å²) in [6, 6.07) is 11.3. The van der Waals surface area contributed by atoms with E-state index in [2.05, 4.69) is 33.4 Å². The first-order valence-corrected chi connectivity index (χ1v) is 8.07. The molecule has 2 N–H and O–H groups in total. The van der Waals surface area contributed by atoms with Gasteiger partial charge in [0.15, 0.2) is 10.4 Å². The van der Waals surface area contributed by atoms with Crippen LogP contribution < -0.4 is 10.2 Å². The predicted molar refractivity (Wildman–Crippen MR) is 86.0 cm³/mol. The minimum absolute atomic E-state index is 0.253. The Bertz CT molecular complexity index is 633. The van der Waals surface area contributed by atoms with E-state index in [4.69, 9.17) is 9.15 Å². The van der Waals surface area contributed by atoms with Gasteiger partial charge in [-0.25, -0.2) is 0 Å². The fraction of sp³-hybridized carbons (Fsp3) is 0.312. The Kier molecular flexibility index (Phi) is 4.92. The third-order valence-corrected chi connectivity index (χ3v) is 4.09. The molecule has 0 unspecified atom stereocenters. The van der Waals surface area contributed by atoms with Crippen LogP contribution in [0.25, 0.3) is 0 Å². The number of anilines is 1. The first-order valence-electron chi connectivity index (χ1n) is 7.27. The topological polar surface area (TPSA) is 55.9 Å². The molecule has 1 amide bonds. The number of morpholine rings is 1. The Balaban J connectivity index is 1.58. The van der Waals surface area contributed by atoms with Gasteiger partial charge in [0.25, 0.3) is 5.91 Å². The SMILES string of the molecule is O=C(Nc1ccc(C[NH+]2CCOCC2)cc1)c1ccc(Br)o1. The van der Waals surface area contributed by atoms with Crippen molar-refractivity contribution < 1.29 is 18.8 Å². The number of carbonyl (C=O) groups excluding carboxylic acids is 1. The van der Waals surface area contributed by atoms with Crippen molar-refractivity contribution in [1.82, 2.24) is 0 Å². The van der Waals surface area contributed by atoms with Gasteiger partial charge in [0.2, 0.25) is 0 Å². The van der Waals surface area contributed by atoms with Crippen LogP contribution in [0.2, 0.25) is 0 Å². The molecule has 22 heavy (non-hydrogen) atoms. The highest BCUT2D eigenvalue weighted by Gasteiger charge is 2.14. The number of furan rings is 1. The van der Waals surface area contributed by atoms with E-state index >= 15 is 0 Å². The third-order valence-electron chi connectivity index (χ3n) is 3.66. The zero-order chi connectivity index (χ0) is 15.4. The van der Waals surface area contributed by atoms with Crippen LogP contribution in [0.5, 0.6) is 0 Å². The van der Waals surface area contributed by atoms with E-state index in [-0.39, 0.29) is 11.7 Å². The molecule has 5 nitrogen and oxygen atoms in total. The summed E-state index contributed by atoms with van der Waals surface area (Å²) in [5.41, 5.74) is 2.02. The fourth-order valence-corrected chi connectivity index (χ4v) is 2.77. The lowest BCUT2D eigenvalue weighted by Gasteiger charge is -2.23. The quantitative estimate of drug-likeness (QED) is 0.866. The number of hydrogen-bond acceptors (Lipinski definition) is 3. The number of halogens is 1. The van der Waals surface area contributed by atoms with Crippen molar-refractivity contribution in [3.05, 3.63) is 52.4 Å². The monoisotopic (exact) mass is 365 g/mol. The molecule has 0 spiro atoms. The van der Waals surface area contributed by atoms with Crippen molar-refractivity contribution in [1.29, 1.82) is 0 Å². The molecule has 0 radical (unpaired) electrons. The Labute approximate surface area is 137 Å². The molecule has 6 heteroatoms. The molecule has 1 fully saturated rings. The molecule has 0 atom stereocenters. The standard InChI is InChI=1S/C16H17BrN2O3/c17-15-6-5-14(22-15)16(20)18-13-3-1-12(2-4-13)11-19-7-9-21-10-8-19/h1-6H,7-11H2,(H,18,20)/p+1. The lowest BCUT2D eigenvalue weighted by Crippen LogP contribution is -3.12. The number of quaternary nitrogens is 1. The summed E-state index contributed by atoms with van der Waals surface area (Å²) < 4.78 is 11.1. The summed E-state index contributed by atoms with van der Waals surface area (Å²) >= 11 is 3.18. The smallest absolute Gasteiger partial charge is 0.291 e. The zero-order valence-electron chi connectivity index (χ0n) is 12.1. The number of hydrogen-bond donors (Lipinski definition) is 2. The molecule has 116 valence electrons. The summed E-state index contributed by atoms with van der Waals surface area (Å²) in [6.45, 7) is 4.75. The summed E-state index contributed by atoms with van der Waals surface area (Å²) in [7, 11) is 0. The van der Waals surface area contributed by atoms with E-state index < -0.39 is 0 Å². The molecule has 0 bridgehead atoms. The van der Waals surface area contributed by atoms with Gasteiger partial charge in [-0.1, -0.05) is 12.1 Å². The minimum Gasteiger partial charge on any atom is -0.444 e. The van der Waals surface area contributed by atoms with Crippen molar-refractivity contribution in [2.24, 2.45) is 0 Å². The minimum atomic E-state index is -0.253. The fourth-order valence-electron chi connectivity index (χ4n) is 2.46. The van der Waals surface area contributed by atoms with Gasteiger partial charge in [-0.05, 0) is 40.2 Å². The van der Waals surface area contributed by atoms with Gasteiger partial charge in [-0.2, -0.15) is 0 Å². The van der Waals surface area contributed by atoms with Gasteiger partial charge in [-0.3, -0.25) is 4.79 Å². The number of benzene rings is 1. The van der Waals surface area contributed by atoms with Crippen LogP contribution in [-0.2, 0) is 11.3 Å². The maximum absolute atomic E-state index is 12.0. The Hall–Kier alpha value is -1.63. The molecular formula is C16H18BrN2O3+. The van der Waals surface area contributed by atoms with E-state index in [1.807, 2.05) is 12.1 Å². The lowest BCUT2D eigenvalue weighted by molar-refractivity contribution is -0.921. The summed E-state index contributed by atoms with van der Waals surface area (Å²) in [5.74, 6) is 0.0333. The number of nitrogens with one attached hydrogen (secondary N) is 2. The van der Waals surface area contributed by atoms with E-state index in [9.17, 15) is 4.79 Å². The van der Waals surface area contributed by atoms with E-state index in [1.165, 1.54) is 10.5 Å². The van der Waals surface area contributed by atoms with Gasteiger partial charge < -0.3 is 19.4 Å². The first-order chi connectivity index (χ1) is 10.7. The molecule has 2 heterocycles. The van der Waals surface area contributed by atoms with Crippen molar-refractivity contribution in [2.45, 2.75) is 6.54 Å². The second kappa shape index (κ2) is 7.09. The van der Waals surface area contributed by atoms with Crippen molar-refractivity contribution >= 4 is 27.5 Å². The first kappa shape index (κ1) is 15.3. The highest BCUT2D eigenvalue weighted by molar-refractivity contribution is 9.10. The zero-order valence-corrected chi connectivity index (χ0v) is 13.7. The molecule has 1 aromatic carbocycles. The van der Waals surface area contributed by atoms with Crippen LogP contribution in [0.3, 0.4) is 0 Å². The second-order valence-electron chi connectivity index (χ2n) is 5.29. The van der Waals surface area contributed by atoms with Gasteiger partial charge in [0.05, 0.1) is 13.2 Å². The van der Waals surface area contributed by atoms with Crippen LogP contribution in [-0.4, -0.2) is 32.2 Å². The Morgan fingerprint density at radius 3 is 2.50 bits per heavy atom. The Morgan fingerprint density at radius 2 is 1.86 bits per heavy atom. The molecule has 1 aliphatic heterocycles. The number of ether oxygens (including phenoxy) is 1. The van der Waals surface area contributed by atoms with Gasteiger partial charge in [0, 0.05) is 11.3 Å². The van der Waals surface area contributed by atoms with Gasteiger partial charge in [0.1, 0.15) is 19.6 Å². The van der Waals surface area contributed by atoms with Crippen LogP contribution in [0.4, 0.5) is 5.69 Å². The van der Waals surface area contributed by atoms with Crippen LogP contribution in [0, 0.1) is 0 Å². The summed E-state index contributed by atoms with van der Waals surface area (Å²) in [5, 5.41) is 2.82. The van der Waals surface area contributed by atoms with E-state index in [1.54, 1.807) is 12.1 Å². The summed E-state index contributed by atoms with van der Waals surface area (Å²) in [6.07, 6.45) is 0. The number of rotatable bonds is 4. The Morgan fingerprint density at radius 1 is 1.14 bits per heavy atom. The molecule has 0 saturated carbocycles. The van der Waals surface area contributed by atoms with E-state index in [0.29, 0.717) is 4.67 Å². The maximum atomic E-state index is 12.0. The maximum Gasteiger partial charge on any atom is 0.291 e. The number of amides is 1. The van der Waals surface area contributed by atoms with E-state index in [0.717, 1.165) is 38.5 Å². The van der Waals surface area contributed by atoms with Crippen molar-refractivity contribution in [2.75, 3.05) is 31.6 Å². The molecule has 0 aliphatic carbocycles. The third kappa shape index (κ3) is 3.97. The summed E-state index contributed by atoms with van der Waals surface area (Å²) in [4.78, 5) is 13.5. The average molecular weight is 366 g/mol. The highest BCUT2D eigenvalue weighted by Crippen LogP contribution is 2.16. The predicted octanol–water partition coefficient (Wildman–Crippen LogP) is 1.71. The average Bonchev–Trinajstić information content (AvgIpc) is 2.97. The van der Waals surface area contributed by atoms with Crippen LogP contribution in [0.15, 0.2) is 45.5 Å². The van der Waals surface area contributed by atoms with Gasteiger partial charge >= 0.3 is 0 Å². The molecular weight excluding hydrogens is 348 g/mol. The number of carbonyl (C=O) groups is 1. The van der Waals surface area contributed by atoms with Crippen LogP contribution in [0.1, 0.15) is 16.1 Å². The normalized spacial score (nSPS) is 15.7. The van der Waals surface area contributed by atoms with Crippen molar-refractivity contribution in [3.63, 3.8) is 0 Å².